The summed E-state index contributed by atoms with van der Waals surface area (Å²) >= 11 is 0. The largest absolute Gasteiger partial charge is 0.481 e. The predicted octanol–water partition coefficient (Wildman–Crippen LogP) is 3.47. The molecule has 9 nitrogen and oxygen atoms in total. The number of hydrogen-bond acceptors (Lipinski definition) is 5. The van der Waals surface area contributed by atoms with Gasteiger partial charge in [-0.3, -0.25) is 19.6 Å². The summed E-state index contributed by atoms with van der Waals surface area (Å²) in [4.78, 5) is 35.6. The van der Waals surface area contributed by atoms with Gasteiger partial charge in [-0.25, -0.2) is 4.79 Å². The van der Waals surface area contributed by atoms with Gasteiger partial charge in [-0.15, -0.1) is 0 Å². The van der Waals surface area contributed by atoms with Crippen molar-refractivity contribution >= 4 is 23.7 Å². The Morgan fingerprint density at radius 3 is 2.29 bits per heavy atom. The first-order valence-corrected chi connectivity index (χ1v) is 10.9. The van der Waals surface area contributed by atoms with Gasteiger partial charge in [-0.05, 0) is 36.1 Å². The van der Waals surface area contributed by atoms with Crippen molar-refractivity contribution < 1.29 is 24.2 Å². The van der Waals surface area contributed by atoms with Crippen molar-refractivity contribution in [1.29, 1.82) is 0 Å². The molecule has 3 aromatic rings. The topological polar surface area (TPSA) is 123 Å². The monoisotopic (exact) mass is 462 g/mol. The Kier molecular flexibility index (Phi) is 6.36. The Hall–Kier alpha value is -4.14. The normalized spacial score (nSPS) is 12.5. The van der Waals surface area contributed by atoms with E-state index in [1.165, 1.54) is 30.9 Å². The molecule has 1 aromatic heterocycles. The van der Waals surface area contributed by atoms with Crippen molar-refractivity contribution in [1.82, 2.24) is 15.1 Å². The van der Waals surface area contributed by atoms with E-state index in [0.29, 0.717) is 5.69 Å². The Labute approximate surface area is 196 Å². The molecule has 2 aromatic carbocycles. The SMILES string of the molecule is CC(C)(CNC(=O)Cn1cc(NC(=O)OCC2c3ccccc3-c3ccccc32)cn1)C(=O)O. The van der Waals surface area contributed by atoms with Crippen LogP contribution in [0.4, 0.5) is 10.5 Å². The second-order valence-corrected chi connectivity index (χ2v) is 8.84. The van der Waals surface area contributed by atoms with E-state index in [4.69, 9.17) is 9.84 Å². The van der Waals surface area contributed by atoms with E-state index in [0.717, 1.165) is 22.3 Å². The van der Waals surface area contributed by atoms with E-state index in [9.17, 15) is 14.4 Å². The Balaban J connectivity index is 1.30. The fourth-order valence-electron chi connectivity index (χ4n) is 3.87. The summed E-state index contributed by atoms with van der Waals surface area (Å²) in [6.45, 7) is 3.13. The number of carbonyl (C=O) groups is 3. The number of rotatable bonds is 8. The highest BCUT2D eigenvalue weighted by atomic mass is 16.5. The van der Waals surface area contributed by atoms with Gasteiger partial charge in [0.1, 0.15) is 13.2 Å². The lowest BCUT2D eigenvalue weighted by Gasteiger charge is -2.19. The van der Waals surface area contributed by atoms with Gasteiger partial charge in [0, 0.05) is 18.7 Å². The van der Waals surface area contributed by atoms with Crippen LogP contribution in [0.15, 0.2) is 60.9 Å². The first kappa shape index (κ1) is 23.0. The number of aromatic nitrogens is 2. The highest BCUT2D eigenvalue weighted by molar-refractivity contribution is 5.85. The molecule has 34 heavy (non-hydrogen) atoms. The molecule has 0 radical (unpaired) electrons. The molecule has 1 aliphatic rings. The van der Waals surface area contributed by atoms with Crippen LogP contribution in [0.5, 0.6) is 0 Å². The lowest BCUT2D eigenvalue weighted by Crippen LogP contribution is -2.40. The van der Waals surface area contributed by atoms with Crippen LogP contribution < -0.4 is 10.6 Å². The summed E-state index contributed by atoms with van der Waals surface area (Å²) in [5, 5.41) is 18.4. The third kappa shape index (κ3) is 4.93. The third-order valence-electron chi connectivity index (χ3n) is 5.84. The average Bonchev–Trinajstić information content (AvgIpc) is 3.38. The first-order valence-electron chi connectivity index (χ1n) is 10.9. The minimum atomic E-state index is -1.07. The van der Waals surface area contributed by atoms with Gasteiger partial charge >= 0.3 is 12.1 Å². The molecule has 0 atom stereocenters. The Morgan fingerprint density at radius 2 is 1.68 bits per heavy atom. The van der Waals surface area contributed by atoms with E-state index < -0.39 is 17.5 Å². The van der Waals surface area contributed by atoms with Crippen molar-refractivity contribution in [2.24, 2.45) is 5.41 Å². The van der Waals surface area contributed by atoms with Gasteiger partial charge in [0.15, 0.2) is 0 Å². The third-order valence-corrected chi connectivity index (χ3v) is 5.84. The van der Waals surface area contributed by atoms with Crippen molar-refractivity contribution in [2.45, 2.75) is 26.3 Å². The lowest BCUT2D eigenvalue weighted by atomic mass is 9.94. The van der Waals surface area contributed by atoms with Gasteiger partial charge in [0.2, 0.25) is 5.91 Å². The number of nitrogens with zero attached hydrogens (tertiary/aromatic N) is 2. The predicted molar refractivity (Wildman–Crippen MR) is 125 cm³/mol. The Morgan fingerprint density at radius 1 is 1.06 bits per heavy atom. The summed E-state index contributed by atoms with van der Waals surface area (Å²) in [6, 6.07) is 16.2. The smallest absolute Gasteiger partial charge is 0.411 e. The maximum Gasteiger partial charge on any atom is 0.411 e. The second kappa shape index (κ2) is 9.38. The minimum absolute atomic E-state index is 0.00665. The fraction of sp³-hybridized carbons (Fsp3) is 0.280. The molecule has 1 aliphatic carbocycles. The van der Waals surface area contributed by atoms with Crippen LogP contribution in [0.2, 0.25) is 0 Å². The zero-order chi connectivity index (χ0) is 24.3. The Bertz CT molecular complexity index is 1190. The van der Waals surface area contributed by atoms with Gasteiger partial charge in [-0.2, -0.15) is 5.10 Å². The van der Waals surface area contributed by atoms with Crippen LogP contribution in [-0.4, -0.2) is 46.0 Å². The molecule has 4 rings (SSSR count). The molecular formula is C25H26N4O5. The van der Waals surface area contributed by atoms with Crippen molar-refractivity contribution in [2.75, 3.05) is 18.5 Å². The van der Waals surface area contributed by atoms with Crippen LogP contribution in [0.25, 0.3) is 11.1 Å². The summed E-state index contributed by atoms with van der Waals surface area (Å²) in [7, 11) is 0. The number of ether oxygens (including phenoxy) is 1. The van der Waals surface area contributed by atoms with Crippen LogP contribution in [-0.2, 0) is 20.9 Å². The fourth-order valence-corrected chi connectivity index (χ4v) is 3.87. The van der Waals surface area contributed by atoms with E-state index in [2.05, 4.69) is 27.9 Å². The number of carboxylic acids is 1. The van der Waals surface area contributed by atoms with Crippen LogP contribution in [0.3, 0.4) is 0 Å². The van der Waals surface area contributed by atoms with E-state index >= 15 is 0 Å². The maximum absolute atomic E-state index is 12.4. The molecule has 0 fully saturated rings. The van der Waals surface area contributed by atoms with Crippen molar-refractivity contribution in [3.63, 3.8) is 0 Å². The number of carboxylic acid groups (broad SMARTS) is 1. The molecule has 9 heteroatoms. The van der Waals surface area contributed by atoms with Crippen molar-refractivity contribution in [3.05, 3.63) is 72.1 Å². The van der Waals surface area contributed by atoms with E-state index in [-0.39, 0.29) is 31.5 Å². The minimum Gasteiger partial charge on any atom is -0.481 e. The van der Waals surface area contributed by atoms with Gasteiger partial charge in [-0.1, -0.05) is 48.5 Å². The van der Waals surface area contributed by atoms with Crippen LogP contribution >= 0.6 is 0 Å². The van der Waals surface area contributed by atoms with Crippen molar-refractivity contribution in [3.8, 4) is 11.1 Å². The second-order valence-electron chi connectivity index (χ2n) is 8.84. The number of hydrogen-bond donors (Lipinski definition) is 3. The average molecular weight is 463 g/mol. The number of fused-ring (bicyclic) bond motifs is 3. The molecule has 176 valence electrons. The molecule has 0 bridgehead atoms. The number of carbonyl (C=O) groups excluding carboxylic acids is 2. The molecule has 3 N–H and O–H groups in total. The number of nitrogens with one attached hydrogen (secondary N) is 2. The van der Waals surface area contributed by atoms with Crippen LogP contribution in [0.1, 0.15) is 30.9 Å². The highest BCUT2D eigenvalue weighted by Crippen LogP contribution is 2.44. The molecule has 1 heterocycles. The van der Waals surface area contributed by atoms with E-state index in [1.54, 1.807) is 0 Å². The summed E-state index contributed by atoms with van der Waals surface area (Å²) < 4.78 is 6.86. The summed E-state index contributed by atoms with van der Waals surface area (Å²) in [6.07, 6.45) is 2.30. The quantitative estimate of drug-likeness (QED) is 0.471. The number of aliphatic carboxylic acids is 1. The van der Waals surface area contributed by atoms with Crippen LogP contribution in [0, 0.1) is 5.41 Å². The molecule has 0 saturated heterocycles. The number of benzene rings is 2. The van der Waals surface area contributed by atoms with Gasteiger partial charge in [0.05, 0.1) is 17.3 Å². The molecule has 0 unspecified atom stereocenters. The first-order chi connectivity index (χ1) is 16.2. The zero-order valence-electron chi connectivity index (χ0n) is 18.9. The summed E-state index contributed by atoms with van der Waals surface area (Å²) in [5.41, 5.74) is 3.87. The number of amides is 2. The van der Waals surface area contributed by atoms with Gasteiger partial charge < -0.3 is 15.2 Å². The highest BCUT2D eigenvalue weighted by Gasteiger charge is 2.29. The molecule has 0 saturated carbocycles. The molecule has 2 amide bonds. The standard InChI is InChI=1S/C25H26N4O5/c1-25(2,23(31)32)15-26-22(30)13-29-12-16(11-27-29)28-24(33)34-14-21-19-9-5-3-7-17(19)18-8-4-6-10-20(18)21/h3-12,21H,13-15H2,1-2H3,(H,26,30)(H,28,33)(H,31,32). The maximum atomic E-state index is 12.4. The van der Waals surface area contributed by atoms with Gasteiger partial charge in [0.25, 0.3) is 0 Å². The van der Waals surface area contributed by atoms with E-state index in [1.807, 2.05) is 36.4 Å². The molecular weight excluding hydrogens is 436 g/mol. The molecule has 0 spiro atoms. The lowest BCUT2D eigenvalue weighted by molar-refractivity contribution is -0.146. The summed E-state index contributed by atoms with van der Waals surface area (Å²) in [5.74, 6) is -1.42. The zero-order valence-corrected chi connectivity index (χ0v) is 18.9. The number of anilines is 1. The molecule has 0 aliphatic heterocycles.